The van der Waals surface area contributed by atoms with Gasteiger partial charge in [0, 0.05) is 31.8 Å². The number of benzene rings is 2. The summed E-state index contributed by atoms with van der Waals surface area (Å²) < 4.78 is 5.93. The summed E-state index contributed by atoms with van der Waals surface area (Å²) in [5.74, 6) is 1.65. The van der Waals surface area contributed by atoms with Crippen LogP contribution in [0.1, 0.15) is 18.4 Å². The van der Waals surface area contributed by atoms with Crippen LogP contribution in [0.3, 0.4) is 0 Å². The van der Waals surface area contributed by atoms with Crippen molar-refractivity contribution in [1.82, 2.24) is 20.7 Å². The Balaban J connectivity index is 1.33. The minimum absolute atomic E-state index is 0.0183. The highest BCUT2D eigenvalue weighted by Gasteiger charge is 2.47. The van der Waals surface area contributed by atoms with E-state index in [2.05, 4.69) is 28.5 Å². The molecular formula is C27H31N5O3. The maximum absolute atomic E-state index is 12.9. The first-order chi connectivity index (χ1) is 17.0. The molecule has 0 aliphatic carbocycles. The number of hydrazine groups is 1. The van der Waals surface area contributed by atoms with Crippen molar-refractivity contribution in [2.24, 2.45) is 17.6 Å². The van der Waals surface area contributed by atoms with Gasteiger partial charge in [0.15, 0.2) is 0 Å². The number of nitrogens with one attached hydrogen (secondary N) is 2. The molecule has 3 aliphatic heterocycles. The Morgan fingerprint density at radius 3 is 2.46 bits per heavy atom. The van der Waals surface area contributed by atoms with E-state index in [1.54, 1.807) is 0 Å². The van der Waals surface area contributed by atoms with Gasteiger partial charge in [0.25, 0.3) is 5.91 Å². The number of likely N-dealkylation sites (tertiary alicyclic amines) is 1. The minimum Gasteiger partial charge on any atom is -0.457 e. The Bertz CT molecular complexity index is 1110. The van der Waals surface area contributed by atoms with Crippen molar-refractivity contribution in [2.75, 3.05) is 19.6 Å². The van der Waals surface area contributed by atoms with Crippen LogP contribution in [-0.2, 0) is 9.59 Å². The van der Waals surface area contributed by atoms with E-state index >= 15 is 0 Å². The van der Waals surface area contributed by atoms with Crippen LogP contribution in [0.15, 0.2) is 73.5 Å². The lowest BCUT2D eigenvalue weighted by molar-refractivity contribution is -0.130. The third-order valence-electron chi connectivity index (χ3n) is 7.12. The lowest BCUT2D eigenvalue weighted by Crippen LogP contribution is -2.66. The zero-order valence-electron chi connectivity index (χ0n) is 19.6. The molecule has 5 rings (SSSR count). The van der Waals surface area contributed by atoms with Crippen molar-refractivity contribution in [3.05, 3.63) is 79.0 Å². The average Bonchev–Trinajstić information content (AvgIpc) is 3.27. The molecule has 0 spiro atoms. The fourth-order valence-corrected chi connectivity index (χ4v) is 5.28. The van der Waals surface area contributed by atoms with E-state index in [4.69, 9.17) is 10.5 Å². The van der Waals surface area contributed by atoms with Crippen LogP contribution in [0.4, 0.5) is 0 Å². The number of nitrogens with two attached hydrogens (primary N) is 1. The summed E-state index contributed by atoms with van der Waals surface area (Å²) in [6.45, 7) is 5.76. The van der Waals surface area contributed by atoms with Crippen molar-refractivity contribution in [3.63, 3.8) is 0 Å². The maximum atomic E-state index is 12.9. The van der Waals surface area contributed by atoms with Crippen LogP contribution in [0, 0.1) is 11.8 Å². The fourth-order valence-electron chi connectivity index (χ4n) is 5.28. The smallest absolute Gasteiger partial charge is 0.257 e. The second-order valence-corrected chi connectivity index (χ2v) is 9.32. The number of carbonyl (C=O) groups is 2. The van der Waals surface area contributed by atoms with Crippen molar-refractivity contribution >= 4 is 17.4 Å². The number of hydrogen-bond acceptors (Lipinski definition) is 6. The number of ether oxygens (including phenoxy) is 1. The van der Waals surface area contributed by atoms with Crippen molar-refractivity contribution in [2.45, 2.75) is 25.0 Å². The molecule has 2 saturated heterocycles. The standard InChI is InChI=1S/C27H31N5O3/c1-2-23(33)31-14-12-18(13-15-31)16-32-17-22(24-25(32)27(34)30-29-26(24)28)19-8-10-21(11-9-19)35-20-6-4-3-5-7-20/h2-11,17-18,24-26,29H,1,12-16,28H2,(H,30,34). The number of carbonyl (C=O) groups excluding carboxylic acids is 2. The van der Waals surface area contributed by atoms with Gasteiger partial charge in [-0.15, -0.1) is 0 Å². The van der Waals surface area contributed by atoms with E-state index in [-0.39, 0.29) is 23.8 Å². The summed E-state index contributed by atoms with van der Waals surface area (Å²) in [5, 5.41) is 0. The summed E-state index contributed by atoms with van der Waals surface area (Å²) in [6.07, 6.45) is 4.86. The molecule has 3 aliphatic rings. The Labute approximate surface area is 205 Å². The molecule has 182 valence electrons. The van der Waals surface area contributed by atoms with Crippen molar-refractivity contribution < 1.29 is 14.3 Å². The molecule has 3 unspecified atom stereocenters. The monoisotopic (exact) mass is 473 g/mol. The number of hydrogen-bond donors (Lipinski definition) is 3. The SMILES string of the molecule is C=CC(=O)N1CCC(CN2C=C(c3ccc(Oc4ccccc4)cc3)C3C(N)NNC(=O)C32)CC1. The number of rotatable bonds is 6. The zero-order chi connectivity index (χ0) is 24.4. The molecule has 0 saturated carbocycles. The summed E-state index contributed by atoms with van der Waals surface area (Å²) in [6, 6.07) is 17.2. The van der Waals surface area contributed by atoms with E-state index in [0.717, 1.165) is 42.0 Å². The van der Waals surface area contributed by atoms with Gasteiger partial charge in [0.05, 0.1) is 6.17 Å². The van der Waals surface area contributed by atoms with Gasteiger partial charge in [0.1, 0.15) is 17.5 Å². The molecule has 35 heavy (non-hydrogen) atoms. The molecule has 2 aromatic carbocycles. The highest BCUT2D eigenvalue weighted by Crippen LogP contribution is 2.39. The second kappa shape index (κ2) is 9.93. The van der Waals surface area contributed by atoms with E-state index in [0.29, 0.717) is 19.0 Å². The molecule has 2 aromatic rings. The Kier molecular flexibility index (Phi) is 6.57. The van der Waals surface area contributed by atoms with Gasteiger partial charge in [-0.25, -0.2) is 5.43 Å². The average molecular weight is 474 g/mol. The highest BCUT2D eigenvalue weighted by atomic mass is 16.5. The van der Waals surface area contributed by atoms with E-state index < -0.39 is 6.17 Å². The summed E-state index contributed by atoms with van der Waals surface area (Å²) >= 11 is 0. The molecule has 2 fully saturated rings. The fraction of sp³-hybridized carbons (Fsp3) is 0.333. The third kappa shape index (κ3) is 4.80. The number of nitrogens with zero attached hydrogens (tertiary/aromatic N) is 2. The van der Waals surface area contributed by atoms with Crippen LogP contribution >= 0.6 is 0 Å². The Hall–Kier alpha value is -3.62. The van der Waals surface area contributed by atoms with Gasteiger partial charge in [-0.1, -0.05) is 36.9 Å². The third-order valence-corrected chi connectivity index (χ3v) is 7.12. The van der Waals surface area contributed by atoms with Gasteiger partial charge < -0.3 is 20.3 Å². The number of piperidine rings is 1. The molecule has 3 atom stereocenters. The highest BCUT2D eigenvalue weighted by molar-refractivity contribution is 5.89. The van der Waals surface area contributed by atoms with E-state index in [1.807, 2.05) is 59.5 Å². The predicted octanol–water partition coefficient (Wildman–Crippen LogP) is 2.46. The van der Waals surface area contributed by atoms with Gasteiger partial charge in [0.2, 0.25) is 5.91 Å². The molecule has 8 nitrogen and oxygen atoms in total. The lowest BCUT2D eigenvalue weighted by atomic mass is 9.86. The molecule has 0 radical (unpaired) electrons. The minimum atomic E-state index is -0.402. The number of para-hydroxylation sites is 1. The first kappa shape index (κ1) is 23.1. The maximum Gasteiger partial charge on any atom is 0.257 e. The molecule has 0 aromatic heterocycles. The van der Waals surface area contributed by atoms with Crippen molar-refractivity contribution in [1.29, 1.82) is 0 Å². The normalized spacial score (nSPS) is 24.4. The molecule has 2 amide bonds. The van der Waals surface area contributed by atoms with Gasteiger partial charge in [-0.05, 0) is 60.2 Å². The van der Waals surface area contributed by atoms with Gasteiger partial charge >= 0.3 is 0 Å². The van der Waals surface area contributed by atoms with Gasteiger partial charge in [-0.2, -0.15) is 0 Å². The van der Waals surface area contributed by atoms with Crippen LogP contribution in [0.25, 0.3) is 5.57 Å². The predicted molar refractivity (Wildman–Crippen MR) is 134 cm³/mol. The van der Waals surface area contributed by atoms with Crippen LogP contribution in [0.5, 0.6) is 11.5 Å². The summed E-state index contributed by atoms with van der Waals surface area (Å²) in [7, 11) is 0. The quantitative estimate of drug-likeness (QED) is 0.558. The molecule has 3 heterocycles. The second-order valence-electron chi connectivity index (χ2n) is 9.32. The van der Waals surface area contributed by atoms with E-state index in [1.165, 1.54) is 6.08 Å². The van der Waals surface area contributed by atoms with Crippen LogP contribution in [-0.4, -0.2) is 53.5 Å². The number of amides is 2. The molecular weight excluding hydrogens is 442 g/mol. The van der Waals surface area contributed by atoms with E-state index in [9.17, 15) is 9.59 Å². The number of fused-ring (bicyclic) bond motifs is 1. The van der Waals surface area contributed by atoms with Gasteiger partial charge in [-0.3, -0.25) is 15.0 Å². The Morgan fingerprint density at radius 2 is 1.77 bits per heavy atom. The first-order valence-electron chi connectivity index (χ1n) is 12.1. The molecule has 0 bridgehead atoms. The molecule has 4 N–H and O–H groups in total. The largest absolute Gasteiger partial charge is 0.457 e. The first-order valence-corrected chi connectivity index (χ1v) is 12.1. The molecule has 8 heteroatoms. The topological polar surface area (TPSA) is 99.9 Å². The Morgan fingerprint density at radius 1 is 1.09 bits per heavy atom. The van der Waals surface area contributed by atoms with Crippen LogP contribution in [0.2, 0.25) is 0 Å². The summed E-state index contributed by atoms with van der Waals surface area (Å²) in [5.41, 5.74) is 14.1. The zero-order valence-corrected chi connectivity index (χ0v) is 19.6. The lowest BCUT2D eigenvalue weighted by Gasteiger charge is -2.39. The summed E-state index contributed by atoms with van der Waals surface area (Å²) in [4.78, 5) is 28.8. The van der Waals surface area contributed by atoms with Crippen LogP contribution < -0.4 is 21.3 Å². The van der Waals surface area contributed by atoms with Crippen molar-refractivity contribution in [3.8, 4) is 11.5 Å².